The molecule has 0 spiro atoms. The number of β-amino-alcohol motifs (C(OH)–C–C–N with tert-alkyl or cyclic N) is 1. The standard InChI is InChI=1S/C28H32Cl2N4O4/c1-2-31-28(37)24-9-5-20(16-32-24)27(36)18-33-11-12-34(26(17-33)19-3-6-21(29)7-4-19)25-10-8-22(15-23(25)30)38-14-13-35/h3-10,15-16,26-27,35-36H,2,11-14,17-18H2,1H3,(H,31,37)/t26-,27+/m0/s1. The molecule has 38 heavy (non-hydrogen) atoms. The number of carbonyl (C=O) groups excluding carboxylic acids is 1. The number of nitrogens with zero attached hydrogens (tertiary/aromatic N) is 3. The van der Waals surface area contributed by atoms with Crippen molar-refractivity contribution in [2.45, 2.75) is 19.1 Å². The van der Waals surface area contributed by atoms with E-state index in [2.05, 4.69) is 20.1 Å². The number of aromatic nitrogens is 1. The smallest absolute Gasteiger partial charge is 0.269 e. The van der Waals surface area contributed by atoms with Gasteiger partial charge in [-0.15, -0.1) is 0 Å². The second-order valence-electron chi connectivity index (χ2n) is 9.06. The Morgan fingerprint density at radius 1 is 1.16 bits per heavy atom. The number of amides is 1. The van der Waals surface area contributed by atoms with Gasteiger partial charge in [-0.05, 0) is 42.8 Å². The quantitative estimate of drug-likeness (QED) is 0.344. The van der Waals surface area contributed by atoms with Crippen LogP contribution in [0.4, 0.5) is 5.69 Å². The van der Waals surface area contributed by atoms with Crippen LogP contribution in [0.15, 0.2) is 60.8 Å². The average molecular weight is 559 g/mol. The third-order valence-electron chi connectivity index (χ3n) is 6.48. The van der Waals surface area contributed by atoms with Crippen LogP contribution in [0.1, 0.15) is 40.7 Å². The monoisotopic (exact) mass is 558 g/mol. The highest BCUT2D eigenvalue weighted by atomic mass is 35.5. The fourth-order valence-corrected chi connectivity index (χ4v) is 4.98. The molecule has 0 aliphatic carbocycles. The van der Waals surface area contributed by atoms with Crippen molar-refractivity contribution < 1.29 is 19.7 Å². The highest BCUT2D eigenvalue weighted by molar-refractivity contribution is 6.33. The fraction of sp³-hybridized carbons (Fsp3) is 0.357. The number of rotatable bonds is 10. The van der Waals surface area contributed by atoms with E-state index in [9.17, 15) is 9.90 Å². The predicted molar refractivity (Wildman–Crippen MR) is 149 cm³/mol. The van der Waals surface area contributed by atoms with Crippen LogP contribution in [0, 0.1) is 0 Å². The number of piperazine rings is 1. The molecule has 1 aliphatic rings. The van der Waals surface area contributed by atoms with Crippen LogP contribution in [0.25, 0.3) is 0 Å². The summed E-state index contributed by atoms with van der Waals surface area (Å²) in [6.07, 6.45) is 0.803. The lowest BCUT2D eigenvalue weighted by Gasteiger charge is -2.44. The minimum absolute atomic E-state index is 0.0341. The van der Waals surface area contributed by atoms with E-state index >= 15 is 0 Å². The van der Waals surface area contributed by atoms with E-state index in [0.717, 1.165) is 11.3 Å². The number of carbonyl (C=O) groups is 1. The van der Waals surface area contributed by atoms with Crippen molar-refractivity contribution in [3.63, 3.8) is 0 Å². The van der Waals surface area contributed by atoms with Gasteiger partial charge in [-0.3, -0.25) is 14.7 Å². The van der Waals surface area contributed by atoms with E-state index in [1.807, 2.05) is 43.3 Å². The number of aliphatic hydroxyl groups is 2. The van der Waals surface area contributed by atoms with Gasteiger partial charge in [-0.25, -0.2) is 0 Å². The van der Waals surface area contributed by atoms with Crippen LogP contribution in [-0.4, -0.2) is 71.9 Å². The number of nitrogens with one attached hydrogen (secondary N) is 1. The average Bonchev–Trinajstić information content (AvgIpc) is 2.93. The van der Waals surface area contributed by atoms with Crippen LogP contribution in [0.3, 0.4) is 0 Å². The minimum atomic E-state index is -0.755. The van der Waals surface area contributed by atoms with E-state index in [1.165, 1.54) is 0 Å². The van der Waals surface area contributed by atoms with Gasteiger partial charge in [0.2, 0.25) is 0 Å². The van der Waals surface area contributed by atoms with Gasteiger partial charge in [0.25, 0.3) is 5.91 Å². The Labute approximate surface area is 232 Å². The summed E-state index contributed by atoms with van der Waals surface area (Å²) in [7, 11) is 0. The van der Waals surface area contributed by atoms with E-state index in [1.54, 1.807) is 24.4 Å². The molecule has 3 aromatic rings. The molecule has 2 aromatic carbocycles. The van der Waals surface area contributed by atoms with Gasteiger partial charge in [0.15, 0.2) is 0 Å². The lowest BCUT2D eigenvalue weighted by molar-refractivity contribution is 0.0946. The van der Waals surface area contributed by atoms with Crippen molar-refractivity contribution in [2.75, 3.05) is 50.8 Å². The molecule has 0 unspecified atom stereocenters. The van der Waals surface area contributed by atoms with Crippen molar-refractivity contribution in [3.05, 3.63) is 87.7 Å². The second-order valence-corrected chi connectivity index (χ2v) is 9.90. The Morgan fingerprint density at radius 2 is 1.95 bits per heavy atom. The van der Waals surface area contributed by atoms with Gasteiger partial charge in [0.05, 0.1) is 29.5 Å². The van der Waals surface area contributed by atoms with Crippen LogP contribution in [0.2, 0.25) is 10.0 Å². The lowest BCUT2D eigenvalue weighted by Crippen LogP contribution is -2.49. The fourth-order valence-electron chi connectivity index (χ4n) is 4.58. The number of hydrogen-bond donors (Lipinski definition) is 3. The van der Waals surface area contributed by atoms with Gasteiger partial charge < -0.3 is 25.2 Å². The highest BCUT2D eigenvalue weighted by Gasteiger charge is 2.31. The summed E-state index contributed by atoms with van der Waals surface area (Å²) < 4.78 is 5.51. The first-order chi connectivity index (χ1) is 18.4. The maximum absolute atomic E-state index is 12.0. The number of aliphatic hydroxyl groups excluding tert-OH is 2. The van der Waals surface area contributed by atoms with Crippen LogP contribution in [0.5, 0.6) is 5.75 Å². The maximum Gasteiger partial charge on any atom is 0.269 e. The molecule has 1 fully saturated rings. The molecular formula is C28H32Cl2N4O4. The van der Waals surface area contributed by atoms with E-state index in [-0.39, 0.29) is 25.2 Å². The first-order valence-corrected chi connectivity index (χ1v) is 13.3. The van der Waals surface area contributed by atoms with Crippen molar-refractivity contribution >= 4 is 34.8 Å². The predicted octanol–water partition coefficient (Wildman–Crippen LogP) is 4.11. The number of hydrogen-bond acceptors (Lipinski definition) is 7. The van der Waals surface area contributed by atoms with Gasteiger partial charge in [-0.1, -0.05) is 41.4 Å². The first-order valence-electron chi connectivity index (χ1n) is 12.6. The van der Waals surface area contributed by atoms with Crippen molar-refractivity contribution in [1.29, 1.82) is 0 Å². The van der Waals surface area contributed by atoms with Crippen molar-refractivity contribution in [2.24, 2.45) is 0 Å². The summed E-state index contributed by atoms with van der Waals surface area (Å²) in [6.45, 7) is 4.98. The molecule has 0 saturated carbocycles. The molecule has 3 N–H and O–H groups in total. The highest BCUT2D eigenvalue weighted by Crippen LogP contribution is 2.37. The molecule has 8 nitrogen and oxygen atoms in total. The topological polar surface area (TPSA) is 98.2 Å². The van der Waals surface area contributed by atoms with Crippen molar-refractivity contribution in [3.8, 4) is 5.75 Å². The third-order valence-corrected chi connectivity index (χ3v) is 7.03. The summed E-state index contributed by atoms with van der Waals surface area (Å²) in [6, 6.07) is 16.7. The Balaban J connectivity index is 1.51. The molecule has 10 heteroatoms. The van der Waals surface area contributed by atoms with E-state index in [0.29, 0.717) is 59.8 Å². The van der Waals surface area contributed by atoms with Gasteiger partial charge in [-0.2, -0.15) is 0 Å². The maximum atomic E-state index is 12.0. The van der Waals surface area contributed by atoms with Gasteiger partial charge >= 0.3 is 0 Å². The zero-order valence-corrected chi connectivity index (χ0v) is 22.7. The Morgan fingerprint density at radius 3 is 2.61 bits per heavy atom. The molecule has 2 heterocycles. The molecule has 202 valence electrons. The number of ether oxygens (including phenoxy) is 1. The molecule has 2 atom stereocenters. The Hall–Kier alpha value is -2.88. The zero-order valence-electron chi connectivity index (χ0n) is 21.2. The molecule has 1 aliphatic heterocycles. The normalized spacial score (nSPS) is 16.8. The summed E-state index contributed by atoms with van der Waals surface area (Å²) >= 11 is 12.8. The largest absolute Gasteiger partial charge is 0.491 e. The summed E-state index contributed by atoms with van der Waals surface area (Å²) in [4.78, 5) is 20.7. The first kappa shape index (κ1) is 28.1. The molecule has 1 amide bonds. The van der Waals surface area contributed by atoms with Crippen LogP contribution in [-0.2, 0) is 0 Å². The molecular weight excluding hydrogens is 527 g/mol. The Kier molecular flexibility index (Phi) is 9.82. The van der Waals surface area contributed by atoms with E-state index in [4.69, 9.17) is 33.0 Å². The zero-order chi connectivity index (χ0) is 27.1. The number of halogens is 2. The second kappa shape index (κ2) is 13.3. The van der Waals surface area contributed by atoms with Crippen LogP contribution >= 0.6 is 23.2 Å². The van der Waals surface area contributed by atoms with Gasteiger partial charge in [0.1, 0.15) is 18.1 Å². The van der Waals surface area contributed by atoms with Crippen molar-refractivity contribution in [1.82, 2.24) is 15.2 Å². The van der Waals surface area contributed by atoms with E-state index < -0.39 is 6.10 Å². The molecule has 4 rings (SSSR count). The molecule has 1 saturated heterocycles. The molecule has 0 radical (unpaired) electrons. The summed E-state index contributed by atoms with van der Waals surface area (Å²) in [5.74, 6) is 0.367. The summed E-state index contributed by atoms with van der Waals surface area (Å²) in [5, 5.41) is 23.9. The van der Waals surface area contributed by atoms with Crippen LogP contribution < -0.4 is 15.0 Å². The Bertz CT molecular complexity index is 1210. The number of pyridine rings is 1. The molecule has 0 bridgehead atoms. The number of benzene rings is 2. The minimum Gasteiger partial charge on any atom is -0.491 e. The molecule has 1 aromatic heterocycles. The SMILES string of the molecule is CCNC(=O)c1ccc([C@H](O)CN2CCN(c3ccc(OCCO)cc3Cl)[C@H](c3ccc(Cl)cc3)C2)cn1. The van der Waals surface area contributed by atoms with Gasteiger partial charge in [0, 0.05) is 55.6 Å². The number of anilines is 1. The summed E-state index contributed by atoms with van der Waals surface area (Å²) in [5.41, 5.74) is 2.94. The lowest BCUT2D eigenvalue weighted by atomic mass is 10.0. The third kappa shape index (κ3) is 6.95.